The van der Waals surface area contributed by atoms with Gasteiger partial charge in [0.05, 0.1) is 12.0 Å². The number of carbonyl (C=O) groups is 2. The Morgan fingerprint density at radius 2 is 1.90 bits per heavy atom. The Labute approximate surface area is 127 Å². The van der Waals surface area contributed by atoms with E-state index in [-0.39, 0.29) is 5.91 Å². The monoisotopic (exact) mass is 303 g/mol. The molecule has 1 unspecified atom stereocenters. The van der Waals surface area contributed by atoms with E-state index < -0.39 is 12.0 Å². The fraction of sp³-hybridized carbons (Fsp3) is 0.250. The molecule has 0 saturated carbocycles. The number of ether oxygens (including phenoxy) is 1. The summed E-state index contributed by atoms with van der Waals surface area (Å²) in [7, 11) is 1.31. The first-order valence-electron chi connectivity index (χ1n) is 6.68. The van der Waals surface area contributed by atoms with Crippen molar-refractivity contribution in [2.24, 2.45) is 0 Å². The van der Waals surface area contributed by atoms with Gasteiger partial charge in [0.1, 0.15) is 0 Å². The predicted octanol–water partition coefficient (Wildman–Crippen LogP) is 2.95. The van der Waals surface area contributed by atoms with E-state index in [0.29, 0.717) is 10.4 Å². The van der Waals surface area contributed by atoms with Crippen LogP contribution in [0.15, 0.2) is 42.5 Å². The van der Waals surface area contributed by atoms with E-state index in [2.05, 4.69) is 5.32 Å². The number of nitrogens with one attached hydrogen (secondary N) is 1. The molecule has 1 aromatic carbocycles. The fourth-order valence-corrected chi connectivity index (χ4v) is 2.78. The molecule has 0 bridgehead atoms. The SMILES string of the molecule is CCc1ccc(C(=O)NC(C(=O)OC)c2ccccc2)s1. The summed E-state index contributed by atoms with van der Waals surface area (Å²) in [5, 5.41) is 2.73. The molecule has 0 aliphatic rings. The highest BCUT2D eigenvalue weighted by Gasteiger charge is 2.24. The van der Waals surface area contributed by atoms with E-state index in [0.717, 1.165) is 11.3 Å². The number of carbonyl (C=O) groups excluding carboxylic acids is 2. The van der Waals surface area contributed by atoms with E-state index in [1.807, 2.05) is 31.2 Å². The normalized spacial score (nSPS) is 11.7. The van der Waals surface area contributed by atoms with Gasteiger partial charge in [0, 0.05) is 4.88 Å². The Hall–Kier alpha value is -2.14. The zero-order valence-corrected chi connectivity index (χ0v) is 12.8. The standard InChI is InChI=1S/C16H17NO3S/c1-3-12-9-10-13(21-12)15(18)17-14(16(19)20-2)11-7-5-4-6-8-11/h4-10,14H,3H2,1-2H3,(H,17,18). The van der Waals surface area contributed by atoms with Crippen molar-refractivity contribution in [3.05, 3.63) is 57.8 Å². The van der Waals surface area contributed by atoms with E-state index in [9.17, 15) is 9.59 Å². The number of methoxy groups -OCH3 is 1. The molecule has 4 nitrogen and oxygen atoms in total. The number of hydrogen-bond donors (Lipinski definition) is 1. The number of aryl methyl sites for hydroxylation is 1. The molecule has 0 spiro atoms. The second-order valence-electron chi connectivity index (χ2n) is 4.46. The molecule has 0 saturated heterocycles. The first-order valence-corrected chi connectivity index (χ1v) is 7.49. The summed E-state index contributed by atoms with van der Waals surface area (Å²) in [5.41, 5.74) is 0.699. The van der Waals surface area contributed by atoms with Crippen molar-refractivity contribution >= 4 is 23.2 Å². The Morgan fingerprint density at radius 3 is 2.48 bits per heavy atom. The summed E-state index contributed by atoms with van der Waals surface area (Å²) in [6.07, 6.45) is 0.886. The maximum absolute atomic E-state index is 12.3. The van der Waals surface area contributed by atoms with Crippen LogP contribution in [0.25, 0.3) is 0 Å². The molecule has 0 aliphatic heterocycles. The van der Waals surface area contributed by atoms with Crippen molar-refractivity contribution in [3.63, 3.8) is 0 Å². The molecule has 0 aliphatic carbocycles. The van der Waals surface area contributed by atoms with Gasteiger partial charge >= 0.3 is 5.97 Å². The van der Waals surface area contributed by atoms with Crippen LogP contribution in [0.2, 0.25) is 0 Å². The molecule has 1 N–H and O–H groups in total. The second-order valence-corrected chi connectivity index (χ2v) is 5.63. The van der Waals surface area contributed by atoms with Crippen LogP contribution in [0.1, 0.15) is 33.1 Å². The van der Waals surface area contributed by atoms with Gasteiger partial charge < -0.3 is 10.1 Å². The van der Waals surface area contributed by atoms with E-state index in [4.69, 9.17) is 4.74 Å². The lowest BCUT2D eigenvalue weighted by Gasteiger charge is -2.16. The number of benzene rings is 1. The molecule has 1 amide bonds. The van der Waals surface area contributed by atoms with Crippen molar-refractivity contribution in [2.45, 2.75) is 19.4 Å². The van der Waals surface area contributed by atoms with Crippen LogP contribution in [0, 0.1) is 0 Å². The number of thiophene rings is 1. The summed E-state index contributed by atoms with van der Waals surface area (Å²) in [5.74, 6) is -0.749. The topological polar surface area (TPSA) is 55.4 Å². The van der Waals surface area contributed by atoms with Crippen LogP contribution in [-0.2, 0) is 16.0 Å². The maximum atomic E-state index is 12.3. The summed E-state index contributed by atoms with van der Waals surface area (Å²) in [4.78, 5) is 25.9. The number of amides is 1. The molecule has 2 aromatic rings. The summed E-state index contributed by atoms with van der Waals surface area (Å²) in [6, 6.07) is 12.0. The lowest BCUT2D eigenvalue weighted by molar-refractivity contribution is -0.143. The van der Waals surface area contributed by atoms with Crippen LogP contribution in [0.4, 0.5) is 0 Å². The van der Waals surface area contributed by atoms with Crippen LogP contribution in [0.5, 0.6) is 0 Å². The van der Waals surface area contributed by atoms with Gasteiger partial charge in [0.15, 0.2) is 6.04 Å². The molecular formula is C16H17NO3S. The fourth-order valence-electron chi connectivity index (χ4n) is 1.93. The first kappa shape index (κ1) is 15.3. The highest BCUT2D eigenvalue weighted by Crippen LogP contribution is 2.19. The summed E-state index contributed by atoms with van der Waals surface area (Å²) >= 11 is 1.43. The molecule has 1 heterocycles. The molecular weight excluding hydrogens is 286 g/mol. The number of esters is 1. The van der Waals surface area contributed by atoms with Gasteiger partial charge in [-0.25, -0.2) is 4.79 Å². The van der Waals surface area contributed by atoms with Crippen molar-refractivity contribution < 1.29 is 14.3 Å². The third kappa shape index (κ3) is 3.70. The molecule has 0 fully saturated rings. The lowest BCUT2D eigenvalue weighted by Crippen LogP contribution is -2.34. The van der Waals surface area contributed by atoms with E-state index in [1.54, 1.807) is 18.2 Å². The second kappa shape index (κ2) is 7.04. The third-order valence-electron chi connectivity index (χ3n) is 3.08. The average molecular weight is 303 g/mol. The summed E-state index contributed by atoms with van der Waals surface area (Å²) in [6.45, 7) is 2.04. The van der Waals surface area contributed by atoms with Gasteiger partial charge in [0.25, 0.3) is 5.91 Å². The maximum Gasteiger partial charge on any atom is 0.333 e. The van der Waals surface area contributed by atoms with Crippen LogP contribution in [0.3, 0.4) is 0 Å². The highest BCUT2D eigenvalue weighted by molar-refractivity contribution is 7.14. The minimum atomic E-state index is -0.795. The van der Waals surface area contributed by atoms with Gasteiger partial charge in [-0.15, -0.1) is 11.3 Å². The smallest absolute Gasteiger partial charge is 0.333 e. The third-order valence-corrected chi connectivity index (χ3v) is 4.31. The van der Waals surface area contributed by atoms with E-state index >= 15 is 0 Å². The average Bonchev–Trinajstić information content (AvgIpc) is 3.01. The van der Waals surface area contributed by atoms with Crippen LogP contribution in [-0.4, -0.2) is 19.0 Å². The predicted molar refractivity (Wildman–Crippen MR) is 82.4 cm³/mol. The van der Waals surface area contributed by atoms with Crippen molar-refractivity contribution in [1.82, 2.24) is 5.32 Å². The minimum absolute atomic E-state index is 0.265. The molecule has 1 aromatic heterocycles. The van der Waals surface area contributed by atoms with Gasteiger partial charge in [-0.2, -0.15) is 0 Å². The van der Waals surface area contributed by atoms with Gasteiger partial charge in [-0.1, -0.05) is 37.3 Å². The van der Waals surface area contributed by atoms with E-state index in [1.165, 1.54) is 18.4 Å². The molecule has 5 heteroatoms. The minimum Gasteiger partial charge on any atom is -0.467 e. The molecule has 2 rings (SSSR count). The zero-order valence-electron chi connectivity index (χ0n) is 12.0. The molecule has 110 valence electrons. The Bertz CT molecular complexity index is 621. The Kier molecular flexibility index (Phi) is 5.11. The van der Waals surface area contributed by atoms with Crippen molar-refractivity contribution in [2.75, 3.05) is 7.11 Å². The van der Waals surface area contributed by atoms with Crippen LogP contribution < -0.4 is 5.32 Å². The quantitative estimate of drug-likeness (QED) is 0.864. The summed E-state index contributed by atoms with van der Waals surface area (Å²) < 4.78 is 4.78. The molecule has 0 radical (unpaired) electrons. The Balaban J connectivity index is 2.19. The lowest BCUT2D eigenvalue weighted by atomic mass is 10.1. The molecule has 21 heavy (non-hydrogen) atoms. The number of hydrogen-bond acceptors (Lipinski definition) is 4. The zero-order chi connectivity index (χ0) is 15.2. The van der Waals surface area contributed by atoms with Gasteiger partial charge in [-0.3, -0.25) is 4.79 Å². The van der Waals surface area contributed by atoms with Gasteiger partial charge in [0.2, 0.25) is 0 Å². The van der Waals surface area contributed by atoms with Crippen molar-refractivity contribution in [3.8, 4) is 0 Å². The van der Waals surface area contributed by atoms with Crippen molar-refractivity contribution in [1.29, 1.82) is 0 Å². The first-order chi connectivity index (χ1) is 10.2. The Morgan fingerprint density at radius 1 is 1.19 bits per heavy atom. The molecule has 1 atom stereocenters. The highest BCUT2D eigenvalue weighted by atomic mass is 32.1. The number of rotatable bonds is 5. The van der Waals surface area contributed by atoms with Gasteiger partial charge in [-0.05, 0) is 24.1 Å². The largest absolute Gasteiger partial charge is 0.467 e. The van der Waals surface area contributed by atoms with Crippen LogP contribution >= 0.6 is 11.3 Å².